The standard InChI is InChI=1S/C16H17IN2O/c1-11-3-8-15(12(2)9-11)19-16(20)10-18-14-6-4-13(17)5-7-14/h3-9,18H,10H2,1-2H3,(H,19,20). The molecule has 0 spiro atoms. The van der Waals surface area contributed by atoms with Gasteiger partial charge in [-0.05, 0) is 72.3 Å². The third-order valence-electron chi connectivity index (χ3n) is 2.95. The summed E-state index contributed by atoms with van der Waals surface area (Å²) in [6, 6.07) is 13.9. The molecule has 0 aliphatic rings. The molecule has 0 heterocycles. The molecular weight excluding hydrogens is 363 g/mol. The summed E-state index contributed by atoms with van der Waals surface area (Å²) in [4.78, 5) is 11.9. The predicted molar refractivity (Wildman–Crippen MR) is 92.2 cm³/mol. The van der Waals surface area contributed by atoms with E-state index in [0.29, 0.717) is 0 Å². The Labute approximate surface area is 132 Å². The highest BCUT2D eigenvalue weighted by Gasteiger charge is 2.04. The molecule has 0 unspecified atom stereocenters. The van der Waals surface area contributed by atoms with Gasteiger partial charge in [0.25, 0.3) is 0 Å². The summed E-state index contributed by atoms with van der Waals surface area (Å²) < 4.78 is 1.17. The summed E-state index contributed by atoms with van der Waals surface area (Å²) >= 11 is 2.25. The number of nitrogens with one attached hydrogen (secondary N) is 2. The van der Waals surface area contributed by atoms with Gasteiger partial charge in [0.15, 0.2) is 0 Å². The van der Waals surface area contributed by atoms with Gasteiger partial charge in [-0.15, -0.1) is 0 Å². The Morgan fingerprint density at radius 1 is 1.10 bits per heavy atom. The van der Waals surface area contributed by atoms with Gasteiger partial charge in [0, 0.05) is 14.9 Å². The molecule has 0 radical (unpaired) electrons. The molecule has 0 aliphatic carbocycles. The summed E-state index contributed by atoms with van der Waals surface area (Å²) in [5.74, 6) is -0.0458. The zero-order valence-corrected chi connectivity index (χ0v) is 13.7. The highest BCUT2D eigenvalue weighted by molar-refractivity contribution is 14.1. The maximum atomic E-state index is 11.9. The van der Waals surface area contributed by atoms with Gasteiger partial charge in [0.1, 0.15) is 0 Å². The summed E-state index contributed by atoms with van der Waals surface area (Å²) in [5.41, 5.74) is 4.08. The number of rotatable bonds is 4. The van der Waals surface area contributed by atoms with Crippen LogP contribution >= 0.6 is 22.6 Å². The molecule has 0 atom stereocenters. The molecule has 0 saturated heterocycles. The second-order valence-corrected chi connectivity index (χ2v) is 5.97. The quantitative estimate of drug-likeness (QED) is 0.789. The van der Waals surface area contributed by atoms with Crippen LogP contribution in [-0.4, -0.2) is 12.5 Å². The Kier molecular flexibility index (Phi) is 5.00. The van der Waals surface area contributed by atoms with E-state index in [4.69, 9.17) is 0 Å². The van der Waals surface area contributed by atoms with Crippen molar-refractivity contribution in [1.29, 1.82) is 0 Å². The van der Waals surface area contributed by atoms with Crippen molar-refractivity contribution < 1.29 is 4.79 Å². The first kappa shape index (κ1) is 14.8. The lowest BCUT2D eigenvalue weighted by atomic mass is 10.1. The van der Waals surface area contributed by atoms with E-state index < -0.39 is 0 Å². The first-order valence-electron chi connectivity index (χ1n) is 6.41. The first-order chi connectivity index (χ1) is 9.54. The van der Waals surface area contributed by atoms with Crippen LogP contribution in [0.5, 0.6) is 0 Å². The highest BCUT2D eigenvalue weighted by atomic mass is 127. The Balaban J connectivity index is 1.90. The van der Waals surface area contributed by atoms with Gasteiger partial charge in [-0.25, -0.2) is 0 Å². The third kappa shape index (κ3) is 4.23. The van der Waals surface area contributed by atoms with Crippen molar-refractivity contribution in [2.45, 2.75) is 13.8 Å². The van der Waals surface area contributed by atoms with E-state index in [0.717, 1.165) is 16.9 Å². The number of aryl methyl sites for hydroxylation is 2. The molecule has 2 aromatic carbocycles. The van der Waals surface area contributed by atoms with E-state index in [-0.39, 0.29) is 12.5 Å². The number of hydrogen-bond donors (Lipinski definition) is 2. The van der Waals surface area contributed by atoms with Crippen LogP contribution in [0.1, 0.15) is 11.1 Å². The molecular formula is C16H17IN2O. The van der Waals surface area contributed by atoms with Crippen LogP contribution in [0.3, 0.4) is 0 Å². The summed E-state index contributed by atoms with van der Waals surface area (Å²) in [5, 5.41) is 6.02. The molecule has 0 aromatic heterocycles. The average Bonchev–Trinajstić information content (AvgIpc) is 2.41. The van der Waals surface area contributed by atoms with Crippen LogP contribution in [-0.2, 0) is 4.79 Å². The van der Waals surface area contributed by atoms with Gasteiger partial charge in [-0.2, -0.15) is 0 Å². The zero-order chi connectivity index (χ0) is 14.5. The van der Waals surface area contributed by atoms with Gasteiger partial charge in [0.2, 0.25) is 5.91 Å². The predicted octanol–water partition coefficient (Wildman–Crippen LogP) is 3.96. The molecule has 4 heteroatoms. The van der Waals surface area contributed by atoms with E-state index in [2.05, 4.69) is 39.3 Å². The van der Waals surface area contributed by atoms with Crippen LogP contribution in [0, 0.1) is 17.4 Å². The lowest BCUT2D eigenvalue weighted by Gasteiger charge is -2.10. The van der Waals surface area contributed by atoms with Crippen molar-refractivity contribution in [3.05, 3.63) is 57.2 Å². The van der Waals surface area contributed by atoms with E-state index in [9.17, 15) is 4.79 Å². The molecule has 20 heavy (non-hydrogen) atoms. The van der Waals surface area contributed by atoms with Gasteiger partial charge >= 0.3 is 0 Å². The summed E-state index contributed by atoms with van der Waals surface area (Å²) in [7, 11) is 0. The van der Waals surface area contributed by atoms with Crippen LogP contribution in [0.4, 0.5) is 11.4 Å². The smallest absolute Gasteiger partial charge is 0.243 e. The SMILES string of the molecule is Cc1ccc(NC(=O)CNc2ccc(I)cc2)c(C)c1. The Hall–Kier alpha value is -1.56. The van der Waals surface area contributed by atoms with Crippen molar-refractivity contribution in [3.63, 3.8) is 0 Å². The van der Waals surface area contributed by atoms with Crippen LogP contribution < -0.4 is 10.6 Å². The fourth-order valence-electron chi connectivity index (χ4n) is 1.90. The summed E-state index contributed by atoms with van der Waals surface area (Å²) in [6.07, 6.45) is 0. The normalized spacial score (nSPS) is 10.2. The number of amides is 1. The van der Waals surface area contributed by atoms with Gasteiger partial charge in [0.05, 0.1) is 6.54 Å². The molecule has 0 aliphatic heterocycles. The molecule has 2 aromatic rings. The van der Waals surface area contributed by atoms with E-state index in [1.165, 1.54) is 9.13 Å². The molecule has 0 bridgehead atoms. The van der Waals surface area contributed by atoms with Crippen molar-refractivity contribution >= 4 is 39.9 Å². The number of halogens is 1. The molecule has 2 N–H and O–H groups in total. The molecule has 3 nitrogen and oxygen atoms in total. The number of anilines is 2. The second kappa shape index (κ2) is 6.74. The number of benzene rings is 2. The van der Waals surface area contributed by atoms with Crippen molar-refractivity contribution in [1.82, 2.24) is 0 Å². The number of carbonyl (C=O) groups is 1. The van der Waals surface area contributed by atoms with Crippen LogP contribution in [0.15, 0.2) is 42.5 Å². The minimum absolute atomic E-state index is 0.0458. The van der Waals surface area contributed by atoms with Crippen molar-refractivity contribution in [2.75, 3.05) is 17.2 Å². The van der Waals surface area contributed by atoms with Crippen LogP contribution in [0.25, 0.3) is 0 Å². The number of hydrogen-bond acceptors (Lipinski definition) is 2. The maximum absolute atomic E-state index is 11.9. The van der Waals surface area contributed by atoms with E-state index in [1.54, 1.807) is 0 Å². The molecule has 2 rings (SSSR count). The molecule has 0 fully saturated rings. The fourth-order valence-corrected chi connectivity index (χ4v) is 2.26. The minimum atomic E-state index is -0.0458. The van der Waals surface area contributed by atoms with E-state index in [1.807, 2.05) is 50.2 Å². The van der Waals surface area contributed by atoms with E-state index >= 15 is 0 Å². The average molecular weight is 380 g/mol. The molecule has 0 saturated carbocycles. The third-order valence-corrected chi connectivity index (χ3v) is 3.67. The Bertz CT molecular complexity index is 608. The first-order valence-corrected chi connectivity index (χ1v) is 7.49. The topological polar surface area (TPSA) is 41.1 Å². The molecule has 1 amide bonds. The van der Waals surface area contributed by atoms with Gasteiger partial charge in [-0.3, -0.25) is 4.79 Å². The Morgan fingerprint density at radius 3 is 2.45 bits per heavy atom. The maximum Gasteiger partial charge on any atom is 0.243 e. The van der Waals surface area contributed by atoms with Gasteiger partial charge < -0.3 is 10.6 Å². The van der Waals surface area contributed by atoms with Crippen LogP contribution in [0.2, 0.25) is 0 Å². The Morgan fingerprint density at radius 2 is 1.80 bits per heavy atom. The molecule has 104 valence electrons. The minimum Gasteiger partial charge on any atom is -0.376 e. The fraction of sp³-hybridized carbons (Fsp3) is 0.188. The second-order valence-electron chi connectivity index (χ2n) is 4.73. The highest BCUT2D eigenvalue weighted by Crippen LogP contribution is 2.16. The lowest BCUT2D eigenvalue weighted by Crippen LogP contribution is -2.22. The van der Waals surface area contributed by atoms with Crippen molar-refractivity contribution in [3.8, 4) is 0 Å². The van der Waals surface area contributed by atoms with Gasteiger partial charge in [-0.1, -0.05) is 17.7 Å². The zero-order valence-electron chi connectivity index (χ0n) is 11.5. The summed E-state index contributed by atoms with van der Waals surface area (Å²) in [6.45, 7) is 4.29. The lowest BCUT2D eigenvalue weighted by molar-refractivity contribution is -0.114. The van der Waals surface area contributed by atoms with Crippen molar-refractivity contribution in [2.24, 2.45) is 0 Å². The largest absolute Gasteiger partial charge is 0.376 e. The monoisotopic (exact) mass is 380 g/mol. The number of carbonyl (C=O) groups excluding carboxylic acids is 1.